The fourth-order valence-corrected chi connectivity index (χ4v) is 3.10. The summed E-state index contributed by atoms with van der Waals surface area (Å²) in [6.07, 6.45) is 0.968. The number of carbonyl (C=O) groups is 3. The van der Waals surface area contributed by atoms with Gasteiger partial charge in [0.25, 0.3) is 17.7 Å². The van der Waals surface area contributed by atoms with Crippen molar-refractivity contribution in [2.75, 3.05) is 13.1 Å². The van der Waals surface area contributed by atoms with Gasteiger partial charge in [-0.15, -0.1) is 0 Å². The number of benzene rings is 2. The Labute approximate surface area is 205 Å². The summed E-state index contributed by atoms with van der Waals surface area (Å²) in [6, 6.07) is 13.5. The van der Waals surface area contributed by atoms with E-state index in [-0.39, 0.29) is 28.4 Å². The largest absolute Gasteiger partial charge is 0.347 e. The molecule has 1 aromatic heterocycles. The third-order valence-electron chi connectivity index (χ3n) is 4.97. The summed E-state index contributed by atoms with van der Waals surface area (Å²) in [5.41, 5.74) is 1.04. The molecule has 1 heterocycles. The Kier molecular flexibility index (Phi) is 6.67. The molecular weight excluding hydrogens is 430 g/mol. The van der Waals surface area contributed by atoms with E-state index >= 15 is 0 Å². The van der Waals surface area contributed by atoms with Gasteiger partial charge in [-0.2, -0.15) is 0 Å². The Bertz CT molecular complexity index is 1330. The lowest BCUT2D eigenvalue weighted by Crippen LogP contribution is -2.30. The van der Waals surface area contributed by atoms with Crippen LogP contribution in [0.2, 0.25) is 0 Å². The quantitative estimate of drug-likeness (QED) is 0.507. The fraction of sp³-hybridized carbons (Fsp3) is 0.269. The van der Waals surface area contributed by atoms with E-state index in [4.69, 9.17) is 5.48 Å². The number of amides is 3. The molecule has 0 radical (unpaired) electrons. The predicted octanol–water partition coefficient (Wildman–Crippen LogP) is 3.13. The molecule has 0 atom stereocenters. The number of nitrogens with one attached hydrogen (secondary N) is 2. The molecule has 8 nitrogen and oxygen atoms in total. The van der Waals surface area contributed by atoms with Crippen LogP contribution in [0.25, 0.3) is 0 Å². The smallest absolute Gasteiger partial charge is 0.270 e. The molecule has 2 aromatic carbocycles. The molecule has 34 heavy (non-hydrogen) atoms. The topological polar surface area (TPSA) is 104 Å². The summed E-state index contributed by atoms with van der Waals surface area (Å²) in [6.45, 7) is 2.11. The molecule has 8 heteroatoms. The van der Waals surface area contributed by atoms with Gasteiger partial charge >= 0.3 is 0 Å². The van der Waals surface area contributed by atoms with Crippen LogP contribution in [0.5, 0.6) is 0 Å². The van der Waals surface area contributed by atoms with E-state index in [1.807, 2.05) is 13.8 Å². The maximum Gasteiger partial charge on any atom is 0.270 e. The van der Waals surface area contributed by atoms with E-state index in [0.717, 1.165) is 18.0 Å². The van der Waals surface area contributed by atoms with Crippen molar-refractivity contribution in [3.63, 3.8) is 0 Å². The van der Waals surface area contributed by atoms with Gasteiger partial charge < -0.3 is 15.5 Å². The second-order valence-corrected chi connectivity index (χ2v) is 7.37. The number of hydrogen-bond acceptors (Lipinski definition) is 5. The van der Waals surface area contributed by atoms with Crippen LogP contribution >= 0.6 is 0 Å². The first kappa shape index (κ1) is 19.4. The first-order valence-corrected chi connectivity index (χ1v) is 10.8. The zero-order valence-corrected chi connectivity index (χ0v) is 19.3. The van der Waals surface area contributed by atoms with E-state index in [1.165, 1.54) is 24.3 Å². The van der Waals surface area contributed by atoms with Gasteiger partial charge in [0.2, 0.25) is 0 Å². The Morgan fingerprint density at radius 2 is 1.44 bits per heavy atom. The number of aromatic nitrogens is 2. The maximum atomic E-state index is 12.8. The lowest BCUT2D eigenvalue weighted by molar-refractivity contribution is 0.0772. The van der Waals surface area contributed by atoms with Gasteiger partial charge in [-0.1, -0.05) is 42.0 Å². The van der Waals surface area contributed by atoms with Gasteiger partial charge in [0, 0.05) is 37.7 Å². The van der Waals surface area contributed by atoms with Crippen molar-refractivity contribution < 1.29 is 19.9 Å². The molecule has 2 N–H and O–H groups in total. The molecule has 0 saturated heterocycles. The molecule has 0 aliphatic rings. The molecule has 0 bridgehead atoms. The maximum absolute atomic E-state index is 12.8. The standard InChI is InChI=1S/C26H29N5O3/c1-4-31(5-2)26(34)21-11-9-19(10-12-21)15-27-24(32)22-14-23(30-17-29-22)25(33)28-16-20-8-6-7-18(3)13-20/h6-14,17H,4-5,15-16H2,1-3H3,(H,27,32)(H,28,33)/i15D2,16D2. The Morgan fingerprint density at radius 1 is 0.853 bits per heavy atom. The van der Waals surface area contributed by atoms with Gasteiger partial charge in [0.15, 0.2) is 0 Å². The normalized spacial score (nSPS) is 13.0. The van der Waals surface area contributed by atoms with Crippen molar-refractivity contribution in [2.24, 2.45) is 0 Å². The molecule has 3 amide bonds. The number of aryl methyl sites for hydroxylation is 1. The first-order chi connectivity index (χ1) is 17.9. The van der Waals surface area contributed by atoms with Crippen molar-refractivity contribution in [3.05, 3.63) is 94.6 Å². The van der Waals surface area contributed by atoms with Crippen molar-refractivity contribution in [1.29, 1.82) is 0 Å². The average molecular weight is 464 g/mol. The molecule has 0 saturated carbocycles. The van der Waals surface area contributed by atoms with Crippen molar-refractivity contribution in [3.8, 4) is 0 Å². The number of rotatable bonds is 9. The highest BCUT2D eigenvalue weighted by Crippen LogP contribution is 2.09. The number of hydrogen-bond donors (Lipinski definition) is 2. The molecule has 3 rings (SSSR count). The van der Waals surface area contributed by atoms with Gasteiger partial charge in [-0.05, 0) is 44.0 Å². The minimum atomic E-state index is -2.32. The zero-order valence-electron chi connectivity index (χ0n) is 23.3. The minimum absolute atomic E-state index is 0.111. The van der Waals surface area contributed by atoms with Crippen LogP contribution in [-0.2, 0) is 13.0 Å². The summed E-state index contributed by atoms with van der Waals surface area (Å²) in [7, 11) is 0. The molecule has 176 valence electrons. The first-order valence-electron chi connectivity index (χ1n) is 12.8. The lowest BCUT2D eigenvalue weighted by atomic mass is 10.1. The Balaban J connectivity index is 1.73. The molecule has 0 spiro atoms. The highest BCUT2D eigenvalue weighted by Gasteiger charge is 2.14. The molecule has 0 unspecified atom stereocenters. The van der Waals surface area contributed by atoms with E-state index in [0.29, 0.717) is 18.7 Å². The fourth-order valence-electron chi connectivity index (χ4n) is 3.10. The van der Waals surface area contributed by atoms with E-state index in [1.54, 1.807) is 36.1 Å². The average Bonchev–Trinajstić information content (AvgIpc) is 2.89. The summed E-state index contributed by atoms with van der Waals surface area (Å²) >= 11 is 0. The molecule has 0 aliphatic carbocycles. The van der Waals surface area contributed by atoms with Crippen molar-refractivity contribution in [1.82, 2.24) is 25.5 Å². The second-order valence-electron chi connectivity index (χ2n) is 7.37. The third-order valence-corrected chi connectivity index (χ3v) is 4.97. The van der Waals surface area contributed by atoms with Crippen LogP contribution in [0.4, 0.5) is 0 Å². The summed E-state index contributed by atoms with van der Waals surface area (Å²) in [5, 5.41) is 4.49. The predicted molar refractivity (Wildman–Crippen MR) is 129 cm³/mol. The Morgan fingerprint density at radius 3 is 2.00 bits per heavy atom. The molecule has 0 fully saturated rings. The van der Waals surface area contributed by atoms with E-state index in [2.05, 4.69) is 20.6 Å². The van der Waals surface area contributed by atoms with Gasteiger partial charge in [-0.25, -0.2) is 9.97 Å². The van der Waals surface area contributed by atoms with Crippen molar-refractivity contribution >= 4 is 17.7 Å². The van der Waals surface area contributed by atoms with Gasteiger partial charge in [0.1, 0.15) is 17.7 Å². The monoisotopic (exact) mass is 463 g/mol. The molecule has 3 aromatic rings. The number of nitrogens with zero attached hydrogens (tertiary/aromatic N) is 3. The summed E-state index contributed by atoms with van der Waals surface area (Å²) in [4.78, 5) is 47.3. The van der Waals surface area contributed by atoms with Crippen LogP contribution in [-0.4, -0.2) is 45.7 Å². The highest BCUT2D eigenvalue weighted by molar-refractivity contribution is 5.97. The summed E-state index contributed by atoms with van der Waals surface area (Å²) in [5.74, 6) is -1.95. The van der Waals surface area contributed by atoms with E-state index in [9.17, 15) is 14.4 Å². The minimum Gasteiger partial charge on any atom is -0.347 e. The zero-order chi connectivity index (χ0) is 28.1. The van der Waals surface area contributed by atoms with Crippen LogP contribution in [0.3, 0.4) is 0 Å². The van der Waals surface area contributed by atoms with Crippen molar-refractivity contribution in [2.45, 2.75) is 33.8 Å². The summed E-state index contributed by atoms with van der Waals surface area (Å²) < 4.78 is 33.1. The van der Waals surface area contributed by atoms with Gasteiger partial charge in [0.05, 0.1) is 5.48 Å². The third kappa shape index (κ3) is 6.48. The van der Waals surface area contributed by atoms with Gasteiger partial charge in [-0.3, -0.25) is 14.4 Å². The molecular formula is C26H29N5O3. The molecule has 0 aliphatic heterocycles. The van der Waals surface area contributed by atoms with Crippen LogP contribution in [0.15, 0.2) is 60.9 Å². The lowest BCUT2D eigenvalue weighted by Gasteiger charge is -2.18. The van der Waals surface area contributed by atoms with Crippen LogP contribution < -0.4 is 10.6 Å². The van der Waals surface area contributed by atoms with Crippen LogP contribution in [0, 0.1) is 6.92 Å². The SMILES string of the molecule is [2H]C([2H])(NC(=O)c1cc(C(=O)NC([2H])([2H])c2cccc(C)c2)ncn1)c1ccc(C(=O)N(CC)CC)cc1. The number of carbonyl (C=O) groups excluding carboxylic acids is 3. The van der Waals surface area contributed by atoms with E-state index < -0.39 is 24.8 Å². The highest BCUT2D eigenvalue weighted by atomic mass is 16.2. The van der Waals surface area contributed by atoms with Crippen LogP contribution in [0.1, 0.15) is 67.4 Å². The second kappa shape index (κ2) is 11.7. The Hall–Kier alpha value is -4.07.